The van der Waals surface area contributed by atoms with Crippen molar-refractivity contribution in [2.24, 2.45) is 0 Å². The summed E-state index contributed by atoms with van der Waals surface area (Å²) in [6.07, 6.45) is 1.99. The van der Waals surface area contributed by atoms with E-state index in [2.05, 4.69) is 24.4 Å². The van der Waals surface area contributed by atoms with Crippen LogP contribution in [0.3, 0.4) is 0 Å². The van der Waals surface area contributed by atoms with Gasteiger partial charge in [0.2, 0.25) is 0 Å². The fourth-order valence-electron chi connectivity index (χ4n) is 2.60. The Bertz CT molecular complexity index is 399. The summed E-state index contributed by atoms with van der Waals surface area (Å²) in [5.41, 5.74) is 1.11. The maximum Gasteiger partial charge on any atom is 0.118 e. The van der Waals surface area contributed by atoms with Crippen LogP contribution in [0, 0.1) is 0 Å². The molecule has 0 radical (unpaired) electrons. The van der Waals surface area contributed by atoms with E-state index in [1.165, 1.54) is 5.56 Å². The molecule has 1 aromatic carbocycles. The predicted octanol–water partition coefficient (Wildman–Crippen LogP) is 2.54. The minimum Gasteiger partial charge on any atom is -0.497 e. The Kier molecular flexibility index (Phi) is 5.40. The van der Waals surface area contributed by atoms with E-state index < -0.39 is 0 Å². The molecule has 1 aromatic rings. The van der Waals surface area contributed by atoms with Crippen molar-refractivity contribution in [3.8, 4) is 5.75 Å². The van der Waals surface area contributed by atoms with Crippen LogP contribution >= 0.6 is 0 Å². The fraction of sp³-hybridized carbons (Fsp3) is 0.625. The minimum absolute atomic E-state index is 0.167. The molecule has 0 aliphatic carbocycles. The Morgan fingerprint density at radius 2 is 2.05 bits per heavy atom. The molecule has 0 saturated carbocycles. The Labute approximate surface area is 121 Å². The van der Waals surface area contributed by atoms with Gasteiger partial charge in [-0.25, -0.2) is 0 Å². The van der Waals surface area contributed by atoms with E-state index in [1.807, 2.05) is 12.1 Å². The van der Waals surface area contributed by atoms with Gasteiger partial charge >= 0.3 is 0 Å². The van der Waals surface area contributed by atoms with Gasteiger partial charge in [0.1, 0.15) is 11.4 Å². The predicted molar refractivity (Wildman–Crippen MR) is 79.2 cm³/mol. The van der Waals surface area contributed by atoms with E-state index in [0.29, 0.717) is 12.6 Å². The van der Waals surface area contributed by atoms with Gasteiger partial charge in [0.25, 0.3) is 0 Å². The largest absolute Gasteiger partial charge is 0.497 e. The molecule has 2 rings (SSSR count). The van der Waals surface area contributed by atoms with Gasteiger partial charge in [0.05, 0.1) is 13.7 Å². The second-order valence-corrected chi connectivity index (χ2v) is 5.30. The molecule has 4 heteroatoms. The van der Waals surface area contributed by atoms with Crippen molar-refractivity contribution in [3.63, 3.8) is 0 Å². The lowest BCUT2D eigenvalue weighted by Gasteiger charge is -2.29. The number of ether oxygens (including phenoxy) is 3. The molecule has 0 amide bonds. The van der Waals surface area contributed by atoms with Crippen molar-refractivity contribution in [2.45, 2.75) is 31.4 Å². The molecule has 2 atom stereocenters. The Morgan fingerprint density at radius 3 is 2.55 bits per heavy atom. The lowest BCUT2D eigenvalue weighted by molar-refractivity contribution is -0.0176. The highest BCUT2D eigenvalue weighted by atomic mass is 16.5. The number of benzene rings is 1. The van der Waals surface area contributed by atoms with Crippen molar-refractivity contribution >= 4 is 0 Å². The van der Waals surface area contributed by atoms with Crippen molar-refractivity contribution in [2.75, 3.05) is 34.0 Å². The zero-order valence-electron chi connectivity index (χ0n) is 12.6. The Balaban J connectivity index is 1.97. The number of hydrogen-bond donors (Lipinski definition) is 1. The van der Waals surface area contributed by atoms with Gasteiger partial charge in [0, 0.05) is 32.7 Å². The van der Waals surface area contributed by atoms with Crippen LogP contribution in [0.2, 0.25) is 0 Å². The molecule has 0 spiro atoms. The van der Waals surface area contributed by atoms with Crippen LogP contribution in [0.1, 0.15) is 31.4 Å². The van der Waals surface area contributed by atoms with Crippen LogP contribution in [0.4, 0.5) is 0 Å². The number of nitrogens with one attached hydrogen (secondary N) is 1. The molecule has 1 aliphatic heterocycles. The molecule has 1 heterocycles. The van der Waals surface area contributed by atoms with Crippen molar-refractivity contribution in [3.05, 3.63) is 29.8 Å². The zero-order valence-corrected chi connectivity index (χ0v) is 12.6. The molecule has 2 unspecified atom stereocenters. The van der Waals surface area contributed by atoms with Gasteiger partial charge in [-0.2, -0.15) is 0 Å². The SMILES string of the molecule is CCC(NCC1(OC)CCOC1)c1ccc(OC)cc1. The third kappa shape index (κ3) is 3.51. The average molecular weight is 279 g/mol. The van der Waals surface area contributed by atoms with E-state index in [0.717, 1.165) is 31.7 Å². The molecule has 0 bridgehead atoms. The van der Waals surface area contributed by atoms with Crippen molar-refractivity contribution in [1.29, 1.82) is 0 Å². The first kappa shape index (κ1) is 15.3. The molecule has 1 saturated heterocycles. The second-order valence-electron chi connectivity index (χ2n) is 5.30. The number of hydrogen-bond acceptors (Lipinski definition) is 4. The second kappa shape index (κ2) is 7.07. The maximum absolute atomic E-state index is 5.66. The zero-order chi connectivity index (χ0) is 14.4. The van der Waals surface area contributed by atoms with Gasteiger partial charge < -0.3 is 19.5 Å². The molecular formula is C16H25NO3. The standard InChI is InChI=1S/C16H25NO3/c1-4-15(13-5-7-14(18-2)8-6-13)17-11-16(19-3)9-10-20-12-16/h5-8,15,17H,4,9-12H2,1-3H3. The summed E-state index contributed by atoms with van der Waals surface area (Å²) in [6, 6.07) is 8.57. The quantitative estimate of drug-likeness (QED) is 0.832. The van der Waals surface area contributed by atoms with E-state index in [-0.39, 0.29) is 5.60 Å². The van der Waals surface area contributed by atoms with E-state index in [4.69, 9.17) is 14.2 Å². The summed E-state index contributed by atoms with van der Waals surface area (Å²) < 4.78 is 16.3. The molecule has 1 fully saturated rings. The lowest BCUT2D eigenvalue weighted by atomic mass is 10.00. The summed E-state index contributed by atoms with van der Waals surface area (Å²) in [6.45, 7) is 4.46. The summed E-state index contributed by atoms with van der Waals surface area (Å²) in [5.74, 6) is 0.890. The van der Waals surface area contributed by atoms with E-state index >= 15 is 0 Å². The third-order valence-corrected chi connectivity index (χ3v) is 4.10. The molecule has 1 N–H and O–H groups in total. The highest BCUT2D eigenvalue weighted by Gasteiger charge is 2.35. The van der Waals surface area contributed by atoms with E-state index in [9.17, 15) is 0 Å². The first-order chi connectivity index (χ1) is 9.73. The van der Waals surface area contributed by atoms with Gasteiger partial charge in [0.15, 0.2) is 0 Å². The third-order valence-electron chi connectivity index (χ3n) is 4.10. The van der Waals surface area contributed by atoms with Crippen LogP contribution in [-0.2, 0) is 9.47 Å². The van der Waals surface area contributed by atoms with Gasteiger partial charge in [-0.3, -0.25) is 0 Å². The van der Waals surface area contributed by atoms with Gasteiger partial charge in [-0.1, -0.05) is 19.1 Å². The normalized spacial score (nSPS) is 23.8. The number of methoxy groups -OCH3 is 2. The minimum atomic E-state index is -0.167. The Morgan fingerprint density at radius 1 is 1.30 bits per heavy atom. The fourth-order valence-corrected chi connectivity index (χ4v) is 2.60. The molecule has 4 nitrogen and oxygen atoms in total. The maximum atomic E-state index is 5.66. The highest BCUT2D eigenvalue weighted by Crippen LogP contribution is 2.25. The lowest BCUT2D eigenvalue weighted by Crippen LogP contribution is -2.44. The van der Waals surface area contributed by atoms with Crippen LogP contribution in [0.5, 0.6) is 5.75 Å². The van der Waals surface area contributed by atoms with Crippen LogP contribution in [0.15, 0.2) is 24.3 Å². The monoisotopic (exact) mass is 279 g/mol. The summed E-state index contributed by atoms with van der Waals surface area (Å²) in [7, 11) is 3.46. The molecule has 1 aliphatic rings. The highest BCUT2D eigenvalue weighted by molar-refractivity contribution is 5.29. The van der Waals surface area contributed by atoms with Crippen LogP contribution in [-0.4, -0.2) is 39.6 Å². The van der Waals surface area contributed by atoms with Gasteiger partial charge in [-0.15, -0.1) is 0 Å². The number of rotatable bonds is 7. The smallest absolute Gasteiger partial charge is 0.118 e. The molecule has 112 valence electrons. The summed E-state index contributed by atoms with van der Waals surface area (Å²) >= 11 is 0. The Hall–Kier alpha value is -1.10. The van der Waals surface area contributed by atoms with Crippen molar-refractivity contribution in [1.82, 2.24) is 5.32 Å². The average Bonchev–Trinajstić information content (AvgIpc) is 2.98. The topological polar surface area (TPSA) is 39.7 Å². The van der Waals surface area contributed by atoms with Crippen LogP contribution < -0.4 is 10.1 Å². The van der Waals surface area contributed by atoms with Gasteiger partial charge in [-0.05, 0) is 24.1 Å². The van der Waals surface area contributed by atoms with Crippen molar-refractivity contribution < 1.29 is 14.2 Å². The first-order valence-corrected chi connectivity index (χ1v) is 7.23. The molecular weight excluding hydrogens is 254 g/mol. The van der Waals surface area contributed by atoms with Crippen LogP contribution in [0.25, 0.3) is 0 Å². The summed E-state index contributed by atoms with van der Waals surface area (Å²) in [4.78, 5) is 0. The van der Waals surface area contributed by atoms with E-state index in [1.54, 1.807) is 14.2 Å². The molecule has 0 aromatic heterocycles. The molecule has 20 heavy (non-hydrogen) atoms. The summed E-state index contributed by atoms with van der Waals surface area (Å²) in [5, 5.41) is 3.61. The first-order valence-electron chi connectivity index (χ1n) is 7.23.